The average molecular weight is 102 g/mol. The molecule has 2 nitrogen and oxygen atoms in total. The van der Waals surface area contributed by atoms with Gasteiger partial charge >= 0.3 is 0 Å². The molecule has 0 radical (unpaired) electrons. The van der Waals surface area contributed by atoms with E-state index in [0.717, 1.165) is 12.8 Å². The highest BCUT2D eigenvalue weighted by Crippen LogP contribution is 2.30. The van der Waals surface area contributed by atoms with Crippen LogP contribution in [0.5, 0.6) is 0 Å². The predicted molar refractivity (Wildman–Crippen MR) is 25.9 cm³/mol. The van der Waals surface area contributed by atoms with E-state index in [0.29, 0.717) is 0 Å². The summed E-state index contributed by atoms with van der Waals surface area (Å²) in [5.41, 5.74) is -0.764. The van der Waals surface area contributed by atoms with Crippen LogP contribution in [-0.4, -0.2) is 21.9 Å². The summed E-state index contributed by atoms with van der Waals surface area (Å²) in [6.45, 7) is 1.65. The van der Waals surface area contributed by atoms with Crippen LogP contribution in [0.15, 0.2) is 0 Å². The van der Waals surface area contributed by atoms with Gasteiger partial charge in [0.15, 0.2) is 0 Å². The van der Waals surface area contributed by atoms with Gasteiger partial charge in [-0.05, 0) is 19.8 Å². The van der Waals surface area contributed by atoms with Crippen molar-refractivity contribution < 1.29 is 10.2 Å². The van der Waals surface area contributed by atoms with Gasteiger partial charge in [0, 0.05) is 0 Å². The molecule has 0 aliphatic heterocycles. The van der Waals surface area contributed by atoms with Crippen molar-refractivity contribution in [3.05, 3.63) is 0 Å². The van der Waals surface area contributed by atoms with Gasteiger partial charge in [-0.1, -0.05) is 0 Å². The van der Waals surface area contributed by atoms with Crippen LogP contribution in [0.2, 0.25) is 0 Å². The molecule has 0 aromatic heterocycles. The molecule has 2 N–H and O–H groups in total. The fourth-order valence-electron chi connectivity index (χ4n) is 0.691. The summed E-state index contributed by atoms with van der Waals surface area (Å²) in [6, 6.07) is 0. The van der Waals surface area contributed by atoms with E-state index in [9.17, 15) is 0 Å². The highest BCUT2D eigenvalue weighted by Gasteiger charge is 2.39. The smallest absolute Gasteiger partial charge is 0.0878 e. The van der Waals surface area contributed by atoms with Crippen molar-refractivity contribution in [2.45, 2.75) is 31.5 Å². The summed E-state index contributed by atoms with van der Waals surface area (Å²) in [7, 11) is 0. The Balaban J connectivity index is 2.43. The fraction of sp³-hybridized carbons (Fsp3) is 1.00. The first-order valence-electron chi connectivity index (χ1n) is 2.53. The second-order valence-corrected chi connectivity index (χ2v) is 2.41. The Kier molecular flexibility index (Phi) is 0.869. The molecule has 0 spiro atoms. The summed E-state index contributed by atoms with van der Waals surface area (Å²) in [6.07, 6.45) is 1.04. The first-order valence-corrected chi connectivity index (χ1v) is 2.53. The monoisotopic (exact) mass is 102 g/mol. The van der Waals surface area contributed by atoms with E-state index in [4.69, 9.17) is 10.2 Å². The molecule has 0 aromatic rings. The Morgan fingerprint density at radius 3 is 2.14 bits per heavy atom. The Morgan fingerprint density at radius 2 is 2.14 bits per heavy atom. The third kappa shape index (κ3) is 0.640. The van der Waals surface area contributed by atoms with E-state index in [1.54, 1.807) is 6.92 Å². The second-order valence-electron chi connectivity index (χ2n) is 2.41. The van der Waals surface area contributed by atoms with Gasteiger partial charge < -0.3 is 10.2 Å². The lowest BCUT2D eigenvalue weighted by atomic mass is 9.79. The van der Waals surface area contributed by atoms with E-state index in [1.807, 2.05) is 0 Å². The highest BCUT2D eigenvalue weighted by atomic mass is 16.3. The van der Waals surface area contributed by atoms with Crippen LogP contribution >= 0.6 is 0 Å². The van der Waals surface area contributed by atoms with Crippen molar-refractivity contribution in [2.75, 3.05) is 0 Å². The van der Waals surface area contributed by atoms with Crippen molar-refractivity contribution in [1.82, 2.24) is 0 Å². The van der Waals surface area contributed by atoms with Gasteiger partial charge in [0.1, 0.15) is 0 Å². The Hall–Kier alpha value is -0.0800. The number of aliphatic hydroxyl groups excluding tert-OH is 1. The lowest BCUT2D eigenvalue weighted by Gasteiger charge is -2.38. The molecule has 7 heavy (non-hydrogen) atoms. The zero-order valence-corrected chi connectivity index (χ0v) is 4.39. The van der Waals surface area contributed by atoms with Crippen LogP contribution in [0.25, 0.3) is 0 Å². The zero-order valence-electron chi connectivity index (χ0n) is 4.39. The molecule has 42 valence electrons. The minimum absolute atomic E-state index is 0.465. The van der Waals surface area contributed by atoms with Crippen molar-refractivity contribution in [3.8, 4) is 0 Å². The SMILES string of the molecule is CC1(O)CC[C@H]1O. The number of hydrogen-bond donors (Lipinski definition) is 2. The summed E-state index contributed by atoms with van der Waals surface area (Å²) < 4.78 is 0. The first kappa shape index (κ1) is 5.06. The molecule has 0 heterocycles. The Labute approximate surface area is 42.8 Å². The third-order valence-corrected chi connectivity index (χ3v) is 1.64. The molecule has 0 aromatic carbocycles. The van der Waals surface area contributed by atoms with Crippen molar-refractivity contribution in [1.29, 1.82) is 0 Å². The Bertz CT molecular complexity index is 78.1. The van der Waals surface area contributed by atoms with Crippen LogP contribution in [0, 0.1) is 0 Å². The molecule has 1 aliphatic carbocycles. The van der Waals surface area contributed by atoms with Gasteiger partial charge in [-0.2, -0.15) is 0 Å². The van der Waals surface area contributed by atoms with E-state index < -0.39 is 11.7 Å². The summed E-state index contributed by atoms with van der Waals surface area (Å²) in [5, 5.41) is 17.7. The molecule has 1 rings (SSSR count). The molecule has 0 bridgehead atoms. The maximum absolute atomic E-state index is 8.93. The highest BCUT2D eigenvalue weighted by molar-refractivity contribution is 4.91. The zero-order chi connectivity index (χ0) is 5.49. The van der Waals surface area contributed by atoms with Crippen LogP contribution in [0.1, 0.15) is 19.8 Å². The van der Waals surface area contributed by atoms with Gasteiger partial charge in [0.25, 0.3) is 0 Å². The van der Waals surface area contributed by atoms with Crippen molar-refractivity contribution in [2.24, 2.45) is 0 Å². The summed E-state index contributed by atoms with van der Waals surface area (Å²) in [4.78, 5) is 0. The molecule has 2 atom stereocenters. The van der Waals surface area contributed by atoms with E-state index in [1.165, 1.54) is 0 Å². The van der Waals surface area contributed by atoms with E-state index in [2.05, 4.69) is 0 Å². The molecule has 1 saturated carbocycles. The molecule has 1 fully saturated rings. The topological polar surface area (TPSA) is 40.5 Å². The summed E-state index contributed by atoms with van der Waals surface area (Å²) in [5.74, 6) is 0. The second kappa shape index (κ2) is 1.20. The van der Waals surface area contributed by atoms with Gasteiger partial charge in [-0.3, -0.25) is 0 Å². The molecule has 0 saturated heterocycles. The van der Waals surface area contributed by atoms with Gasteiger partial charge in [0.2, 0.25) is 0 Å². The lowest BCUT2D eigenvalue weighted by Crippen LogP contribution is -2.48. The maximum Gasteiger partial charge on any atom is 0.0878 e. The lowest BCUT2D eigenvalue weighted by molar-refractivity contribution is -0.131. The molecular formula is C5H10O2. The number of rotatable bonds is 0. The predicted octanol–water partition coefficient (Wildman–Crippen LogP) is -0.108. The number of aliphatic hydroxyl groups is 2. The third-order valence-electron chi connectivity index (χ3n) is 1.64. The van der Waals surface area contributed by atoms with Crippen molar-refractivity contribution in [3.63, 3.8) is 0 Å². The first-order chi connectivity index (χ1) is 3.13. The van der Waals surface area contributed by atoms with E-state index >= 15 is 0 Å². The largest absolute Gasteiger partial charge is 0.390 e. The van der Waals surface area contributed by atoms with Crippen LogP contribution in [0.3, 0.4) is 0 Å². The molecule has 1 aliphatic rings. The molecule has 2 heteroatoms. The normalized spacial score (nSPS) is 51.0. The number of hydrogen-bond acceptors (Lipinski definition) is 2. The minimum Gasteiger partial charge on any atom is -0.390 e. The standard InChI is InChI=1S/C5H10O2/c1-5(7)3-2-4(5)6/h4,6-7H,2-3H2,1H3/t4-,5?/m1/s1. The fourth-order valence-corrected chi connectivity index (χ4v) is 0.691. The molecular weight excluding hydrogens is 92.1 g/mol. The van der Waals surface area contributed by atoms with Gasteiger partial charge in [0.05, 0.1) is 11.7 Å². The minimum atomic E-state index is -0.764. The Morgan fingerprint density at radius 1 is 1.71 bits per heavy atom. The molecule has 0 amide bonds. The van der Waals surface area contributed by atoms with Crippen LogP contribution < -0.4 is 0 Å². The quantitative estimate of drug-likeness (QED) is 0.448. The van der Waals surface area contributed by atoms with Crippen LogP contribution in [0.4, 0.5) is 0 Å². The van der Waals surface area contributed by atoms with Gasteiger partial charge in [-0.15, -0.1) is 0 Å². The van der Waals surface area contributed by atoms with Crippen molar-refractivity contribution >= 4 is 0 Å². The van der Waals surface area contributed by atoms with Crippen LogP contribution in [-0.2, 0) is 0 Å². The maximum atomic E-state index is 8.93. The molecule has 1 unspecified atom stereocenters. The van der Waals surface area contributed by atoms with Gasteiger partial charge in [-0.25, -0.2) is 0 Å². The average Bonchev–Trinajstić information content (AvgIpc) is 1.63. The summed E-state index contributed by atoms with van der Waals surface area (Å²) >= 11 is 0. The van der Waals surface area contributed by atoms with E-state index in [-0.39, 0.29) is 0 Å².